The van der Waals surface area contributed by atoms with Gasteiger partial charge in [0, 0.05) is 11.1 Å². The first-order valence-corrected chi connectivity index (χ1v) is 12.5. The fourth-order valence-electron chi connectivity index (χ4n) is 2.22. The Labute approximate surface area is 160 Å². The van der Waals surface area contributed by atoms with Crippen molar-refractivity contribution in [3.8, 4) is 0 Å². The van der Waals surface area contributed by atoms with Crippen molar-refractivity contribution in [3.63, 3.8) is 0 Å². The SMILES string of the molecule is COC(=O)CCC(=O)c1cc2ccc(CO[Si](C)(C)C(C)(C)C)cc2s1. The number of thiophene rings is 1. The van der Waals surface area contributed by atoms with E-state index in [1.54, 1.807) is 0 Å². The van der Waals surface area contributed by atoms with E-state index in [0.29, 0.717) is 11.5 Å². The van der Waals surface area contributed by atoms with Gasteiger partial charge >= 0.3 is 5.97 Å². The van der Waals surface area contributed by atoms with Gasteiger partial charge in [0.05, 0.1) is 25.0 Å². The lowest BCUT2D eigenvalue weighted by atomic mass is 10.1. The minimum atomic E-state index is -1.79. The maximum atomic E-state index is 12.3. The first kappa shape index (κ1) is 20.8. The van der Waals surface area contributed by atoms with Crippen LogP contribution in [0, 0.1) is 0 Å². The number of benzene rings is 1. The number of Topliss-reactive ketones (excluding diaryl/α,β-unsaturated/α-hetero) is 1. The molecule has 4 nitrogen and oxygen atoms in total. The van der Waals surface area contributed by atoms with Crippen LogP contribution in [0.4, 0.5) is 0 Å². The highest BCUT2D eigenvalue weighted by Gasteiger charge is 2.37. The van der Waals surface area contributed by atoms with Crippen molar-refractivity contribution in [3.05, 3.63) is 34.7 Å². The number of methoxy groups -OCH3 is 1. The monoisotopic (exact) mass is 392 g/mol. The van der Waals surface area contributed by atoms with Gasteiger partial charge in [0.25, 0.3) is 0 Å². The summed E-state index contributed by atoms with van der Waals surface area (Å²) in [6.45, 7) is 11.8. The van der Waals surface area contributed by atoms with Gasteiger partial charge in [-0.15, -0.1) is 11.3 Å². The van der Waals surface area contributed by atoms with E-state index < -0.39 is 8.32 Å². The smallest absolute Gasteiger partial charge is 0.305 e. The van der Waals surface area contributed by atoms with Crippen LogP contribution in [-0.2, 0) is 20.6 Å². The number of rotatable bonds is 7. The first-order valence-electron chi connectivity index (χ1n) is 8.80. The Bertz CT molecular complexity index is 802. The lowest BCUT2D eigenvalue weighted by molar-refractivity contribution is -0.140. The van der Waals surface area contributed by atoms with Crippen molar-refractivity contribution in [2.24, 2.45) is 0 Å². The van der Waals surface area contributed by atoms with Crippen LogP contribution in [0.1, 0.15) is 48.8 Å². The zero-order valence-corrected chi connectivity index (χ0v) is 18.3. The molecule has 1 aromatic carbocycles. The van der Waals surface area contributed by atoms with E-state index in [1.807, 2.05) is 12.1 Å². The van der Waals surface area contributed by atoms with Crippen molar-refractivity contribution in [2.45, 2.75) is 58.4 Å². The Morgan fingerprint density at radius 1 is 1.12 bits per heavy atom. The molecule has 0 N–H and O–H groups in total. The number of carbonyl (C=O) groups is 2. The molecule has 0 aliphatic carbocycles. The molecular weight excluding hydrogens is 364 g/mol. The molecule has 2 aromatic rings. The number of esters is 1. The molecule has 0 bridgehead atoms. The lowest BCUT2D eigenvalue weighted by Crippen LogP contribution is -2.40. The van der Waals surface area contributed by atoms with E-state index in [2.05, 4.69) is 50.7 Å². The van der Waals surface area contributed by atoms with Gasteiger partial charge in [-0.05, 0) is 41.2 Å². The summed E-state index contributed by atoms with van der Waals surface area (Å²) < 4.78 is 11.9. The van der Waals surface area contributed by atoms with Crippen LogP contribution in [0.2, 0.25) is 18.1 Å². The summed E-state index contributed by atoms with van der Waals surface area (Å²) in [5, 5.41) is 1.23. The predicted octanol–water partition coefficient (Wildman–Crippen LogP) is 5.56. The van der Waals surface area contributed by atoms with Crippen LogP contribution in [-0.4, -0.2) is 27.2 Å². The van der Waals surface area contributed by atoms with Crippen LogP contribution in [0.15, 0.2) is 24.3 Å². The number of hydrogen-bond donors (Lipinski definition) is 0. The third kappa shape index (κ3) is 5.02. The van der Waals surface area contributed by atoms with Gasteiger partial charge in [0.2, 0.25) is 0 Å². The molecule has 0 saturated carbocycles. The van der Waals surface area contributed by atoms with Gasteiger partial charge in [0.15, 0.2) is 14.1 Å². The molecule has 26 heavy (non-hydrogen) atoms. The number of fused-ring (bicyclic) bond motifs is 1. The van der Waals surface area contributed by atoms with E-state index in [-0.39, 0.29) is 29.6 Å². The molecule has 142 valence electrons. The van der Waals surface area contributed by atoms with Gasteiger partial charge in [0.1, 0.15) is 0 Å². The standard InChI is InChI=1S/C20H28O4SSi/c1-20(2,3)26(5,6)24-13-14-7-8-15-12-18(25-17(15)11-14)16(21)9-10-19(22)23-4/h7-8,11-12H,9-10,13H2,1-6H3. The number of ketones is 1. The quantitative estimate of drug-likeness (QED) is 0.352. The number of ether oxygens (including phenoxy) is 1. The summed E-state index contributed by atoms with van der Waals surface area (Å²) in [5.74, 6) is -0.375. The van der Waals surface area contributed by atoms with Crippen molar-refractivity contribution in [1.29, 1.82) is 0 Å². The minimum Gasteiger partial charge on any atom is -0.469 e. The number of carbonyl (C=O) groups excluding carboxylic acids is 2. The highest BCUT2D eigenvalue weighted by Crippen LogP contribution is 2.37. The van der Waals surface area contributed by atoms with Crippen LogP contribution >= 0.6 is 11.3 Å². The zero-order chi connectivity index (χ0) is 19.5. The molecule has 0 aliphatic rings. The Balaban J connectivity index is 2.09. The Hall–Kier alpha value is -1.50. The van der Waals surface area contributed by atoms with E-state index in [1.165, 1.54) is 18.4 Å². The van der Waals surface area contributed by atoms with Crippen molar-refractivity contribution in [2.75, 3.05) is 7.11 Å². The molecule has 6 heteroatoms. The van der Waals surface area contributed by atoms with Crippen molar-refractivity contribution >= 4 is 41.5 Å². The first-order chi connectivity index (χ1) is 12.0. The van der Waals surface area contributed by atoms with Crippen LogP contribution in [0.5, 0.6) is 0 Å². The highest BCUT2D eigenvalue weighted by atomic mass is 32.1. The topological polar surface area (TPSA) is 52.6 Å². The molecule has 1 aromatic heterocycles. The number of hydrogen-bond acceptors (Lipinski definition) is 5. The normalized spacial score (nSPS) is 12.4. The minimum absolute atomic E-state index is 0.0179. The van der Waals surface area contributed by atoms with Crippen LogP contribution in [0.3, 0.4) is 0 Å². The fourth-order valence-corrected chi connectivity index (χ4v) is 4.28. The Kier molecular flexibility index (Phi) is 6.42. The average molecular weight is 393 g/mol. The Morgan fingerprint density at radius 2 is 1.81 bits per heavy atom. The second-order valence-electron chi connectivity index (χ2n) is 8.03. The lowest BCUT2D eigenvalue weighted by Gasteiger charge is -2.36. The molecule has 1 heterocycles. The van der Waals surface area contributed by atoms with Gasteiger partial charge in [-0.2, -0.15) is 0 Å². The van der Waals surface area contributed by atoms with Crippen LogP contribution < -0.4 is 0 Å². The average Bonchev–Trinajstić information content (AvgIpc) is 2.99. The molecule has 0 spiro atoms. The summed E-state index contributed by atoms with van der Waals surface area (Å²) in [6.07, 6.45) is 0.302. The molecular formula is C20H28O4SSi. The predicted molar refractivity (Wildman–Crippen MR) is 109 cm³/mol. The largest absolute Gasteiger partial charge is 0.469 e. The van der Waals surface area contributed by atoms with Gasteiger partial charge in [-0.25, -0.2) is 0 Å². The molecule has 0 aliphatic heterocycles. The second-order valence-corrected chi connectivity index (χ2v) is 13.9. The molecule has 0 amide bonds. The summed E-state index contributed by atoms with van der Waals surface area (Å²) >= 11 is 1.47. The van der Waals surface area contributed by atoms with Crippen LogP contribution in [0.25, 0.3) is 10.1 Å². The van der Waals surface area contributed by atoms with Gasteiger partial charge < -0.3 is 9.16 Å². The second kappa shape index (κ2) is 8.02. The molecule has 0 fully saturated rings. The zero-order valence-electron chi connectivity index (χ0n) is 16.5. The van der Waals surface area contributed by atoms with Gasteiger partial charge in [-0.1, -0.05) is 32.9 Å². The third-order valence-electron chi connectivity index (χ3n) is 5.05. The summed E-state index contributed by atoms with van der Waals surface area (Å²) in [5.41, 5.74) is 1.12. The maximum absolute atomic E-state index is 12.3. The molecule has 0 atom stereocenters. The van der Waals surface area contributed by atoms with E-state index in [4.69, 9.17) is 4.43 Å². The highest BCUT2D eigenvalue weighted by molar-refractivity contribution is 7.20. The Morgan fingerprint density at radius 3 is 2.42 bits per heavy atom. The van der Waals surface area contributed by atoms with E-state index in [9.17, 15) is 9.59 Å². The summed E-state index contributed by atoms with van der Waals surface area (Å²) in [6, 6.07) is 8.10. The van der Waals surface area contributed by atoms with Gasteiger partial charge in [-0.3, -0.25) is 9.59 Å². The fraction of sp³-hybridized carbons (Fsp3) is 0.500. The molecule has 0 unspecified atom stereocenters. The maximum Gasteiger partial charge on any atom is 0.305 e. The molecule has 0 radical (unpaired) electrons. The molecule has 2 rings (SSSR count). The van der Waals surface area contributed by atoms with E-state index >= 15 is 0 Å². The van der Waals surface area contributed by atoms with Crippen molar-refractivity contribution in [1.82, 2.24) is 0 Å². The summed E-state index contributed by atoms with van der Waals surface area (Å²) in [7, 11) is -0.455. The van der Waals surface area contributed by atoms with E-state index in [0.717, 1.165) is 15.6 Å². The third-order valence-corrected chi connectivity index (χ3v) is 10.7. The molecule has 0 saturated heterocycles. The van der Waals surface area contributed by atoms with Crippen molar-refractivity contribution < 1.29 is 18.8 Å². The summed E-state index contributed by atoms with van der Waals surface area (Å²) in [4.78, 5) is 24.2.